The highest BCUT2D eigenvalue weighted by Gasteiger charge is 2.15. The van der Waals surface area contributed by atoms with Crippen LogP contribution in [0.1, 0.15) is 32.3 Å². The summed E-state index contributed by atoms with van der Waals surface area (Å²) in [5.74, 6) is 1.02. The summed E-state index contributed by atoms with van der Waals surface area (Å²) < 4.78 is 0. The van der Waals surface area contributed by atoms with E-state index in [1.165, 1.54) is 5.57 Å². The Labute approximate surface area is 120 Å². The number of nitrogens with zero attached hydrogens (tertiary/aromatic N) is 1. The standard InChI is InChI=1S/C17H22N2O/c1-3-16(14-11-9-13(2)10-12-14)20-19-17(18)15-7-5-4-6-8-15/h4-9,11-13,16H,3,10H2,1-2H3,(H2,18,19). The van der Waals surface area contributed by atoms with Gasteiger partial charge in [-0.2, -0.15) is 0 Å². The molecule has 106 valence electrons. The normalized spacial score (nSPS) is 20.4. The Morgan fingerprint density at radius 1 is 1.40 bits per heavy atom. The molecule has 0 spiro atoms. The van der Waals surface area contributed by atoms with Crippen LogP contribution in [0, 0.1) is 5.92 Å². The average molecular weight is 270 g/mol. The Bertz CT molecular complexity index is 517. The average Bonchev–Trinajstić information content (AvgIpc) is 2.50. The van der Waals surface area contributed by atoms with Crippen molar-refractivity contribution < 1.29 is 4.84 Å². The van der Waals surface area contributed by atoms with Crippen molar-refractivity contribution in [2.45, 2.75) is 32.8 Å². The molecule has 20 heavy (non-hydrogen) atoms. The summed E-state index contributed by atoms with van der Waals surface area (Å²) in [6.07, 6.45) is 8.48. The first-order valence-corrected chi connectivity index (χ1v) is 7.13. The van der Waals surface area contributed by atoms with E-state index in [-0.39, 0.29) is 6.10 Å². The second-order valence-electron chi connectivity index (χ2n) is 5.12. The molecule has 0 aromatic heterocycles. The van der Waals surface area contributed by atoms with Crippen molar-refractivity contribution in [1.29, 1.82) is 0 Å². The predicted octanol–water partition coefficient (Wildman–Crippen LogP) is 3.62. The van der Waals surface area contributed by atoms with Gasteiger partial charge < -0.3 is 10.6 Å². The van der Waals surface area contributed by atoms with E-state index in [0.717, 1.165) is 18.4 Å². The largest absolute Gasteiger partial charge is 0.386 e. The van der Waals surface area contributed by atoms with Crippen LogP contribution in [0.2, 0.25) is 0 Å². The second kappa shape index (κ2) is 6.94. The Morgan fingerprint density at radius 3 is 2.75 bits per heavy atom. The van der Waals surface area contributed by atoms with Gasteiger partial charge >= 0.3 is 0 Å². The monoisotopic (exact) mass is 270 g/mol. The third-order valence-electron chi connectivity index (χ3n) is 3.43. The molecule has 0 amide bonds. The Balaban J connectivity index is 2.02. The van der Waals surface area contributed by atoms with Gasteiger partial charge in [0, 0.05) is 5.56 Å². The van der Waals surface area contributed by atoms with Crippen LogP contribution in [0.4, 0.5) is 0 Å². The minimum absolute atomic E-state index is 0.0268. The minimum Gasteiger partial charge on any atom is -0.386 e. The van der Waals surface area contributed by atoms with Crippen LogP contribution < -0.4 is 5.73 Å². The summed E-state index contributed by atoms with van der Waals surface area (Å²) in [5, 5.41) is 4.08. The first-order chi connectivity index (χ1) is 9.70. The van der Waals surface area contributed by atoms with E-state index in [1.807, 2.05) is 30.3 Å². The van der Waals surface area contributed by atoms with Crippen LogP contribution >= 0.6 is 0 Å². The SMILES string of the molecule is CCC(O/N=C(\N)c1ccccc1)C1=CCC(C)C=C1. The van der Waals surface area contributed by atoms with Crippen molar-refractivity contribution in [1.82, 2.24) is 0 Å². The molecule has 1 aromatic rings. The summed E-state index contributed by atoms with van der Waals surface area (Å²) in [7, 11) is 0. The van der Waals surface area contributed by atoms with E-state index in [2.05, 4.69) is 37.2 Å². The number of hydrogen-bond acceptors (Lipinski definition) is 2. The van der Waals surface area contributed by atoms with Crippen LogP contribution in [-0.4, -0.2) is 11.9 Å². The van der Waals surface area contributed by atoms with Crippen LogP contribution in [0.5, 0.6) is 0 Å². The molecule has 0 fully saturated rings. The number of nitrogens with two attached hydrogens (primary N) is 1. The highest BCUT2D eigenvalue weighted by Crippen LogP contribution is 2.21. The van der Waals surface area contributed by atoms with Crippen LogP contribution in [0.3, 0.4) is 0 Å². The fourth-order valence-electron chi connectivity index (χ4n) is 2.14. The number of allylic oxidation sites excluding steroid dienone is 2. The van der Waals surface area contributed by atoms with Gasteiger partial charge in [0.05, 0.1) is 0 Å². The maximum Gasteiger partial charge on any atom is 0.170 e. The molecule has 0 saturated heterocycles. The lowest BCUT2D eigenvalue weighted by molar-refractivity contribution is 0.0835. The molecule has 2 rings (SSSR count). The van der Waals surface area contributed by atoms with Crippen molar-refractivity contribution in [3.63, 3.8) is 0 Å². The van der Waals surface area contributed by atoms with Gasteiger partial charge in [0.15, 0.2) is 11.9 Å². The molecule has 0 saturated carbocycles. The molecule has 1 aliphatic rings. The summed E-state index contributed by atoms with van der Waals surface area (Å²) in [6.45, 7) is 4.29. The van der Waals surface area contributed by atoms with E-state index < -0.39 is 0 Å². The molecule has 0 radical (unpaired) electrons. The molecule has 1 aliphatic carbocycles. The van der Waals surface area contributed by atoms with Crippen LogP contribution in [0.15, 0.2) is 59.3 Å². The topological polar surface area (TPSA) is 47.6 Å². The molecule has 3 heteroatoms. The van der Waals surface area contributed by atoms with Gasteiger partial charge in [0.1, 0.15) is 0 Å². The molecule has 1 aromatic carbocycles. The molecular formula is C17H22N2O. The smallest absolute Gasteiger partial charge is 0.170 e. The van der Waals surface area contributed by atoms with Crippen molar-refractivity contribution in [3.05, 3.63) is 59.7 Å². The number of hydrogen-bond donors (Lipinski definition) is 1. The van der Waals surface area contributed by atoms with Gasteiger partial charge in [-0.25, -0.2) is 0 Å². The lowest BCUT2D eigenvalue weighted by atomic mass is 9.95. The number of amidine groups is 1. The molecule has 0 aliphatic heterocycles. The van der Waals surface area contributed by atoms with Gasteiger partial charge in [-0.1, -0.05) is 67.6 Å². The highest BCUT2D eigenvalue weighted by atomic mass is 16.6. The predicted molar refractivity (Wildman–Crippen MR) is 83.3 cm³/mol. The third kappa shape index (κ3) is 3.73. The molecule has 0 bridgehead atoms. The number of benzene rings is 1. The van der Waals surface area contributed by atoms with Crippen LogP contribution in [0.25, 0.3) is 0 Å². The molecule has 2 unspecified atom stereocenters. The first-order valence-electron chi connectivity index (χ1n) is 7.13. The molecule has 2 atom stereocenters. The fraction of sp³-hybridized carbons (Fsp3) is 0.353. The molecule has 3 nitrogen and oxygen atoms in total. The van der Waals surface area contributed by atoms with E-state index >= 15 is 0 Å². The summed E-state index contributed by atoms with van der Waals surface area (Å²) in [5.41, 5.74) is 8.01. The van der Waals surface area contributed by atoms with E-state index in [0.29, 0.717) is 11.8 Å². The Morgan fingerprint density at radius 2 is 2.15 bits per heavy atom. The minimum atomic E-state index is -0.0268. The van der Waals surface area contributed by atoms with Gasteiger partial charge in [-0.3, -0.25) is 0 Å². The fourth-order valence-corrected chi connectivity index (χ4v) is 2.14. The van der Waals surface area contributed by atoms with Gasteiger partial charge in [0.25, 0.3) is 0 Å². The first kappa shape index (κ1) is 14.4. The second-order valence-corrected chi connectivity index (χ2v) is 5.12. The van der Waals surface area contributed by atoms with Crippen molar-refractivity contribution in [2.75, 3.05) is 0 Å². The van der Waals surface area contributed by atoms with Crippen molar-refractivity contribution >= 4 is 5.84 Å². The van der Waals surface area contributed by atoms with Gasteiger partial charge in [-0.05, 0) is 24.3 Å². The zero-order valence-electron chi connectivity index (χ0n) is 12.1. The maximum atomic E-state index is 5.94. The zero-order chi connectivity index (χ0) is 14.4. The van der Waals surface area contributed by atoms with Crippen molar-refractivity contribution in [2.24, 2.45) is 16.8 Å². The summed E-state index contributed by atoms with van der Waals surface area (Å²) in [4.78, 5) is 5.63. The van der Waals surface area contributed by atoms with Gasteiger partial charge in [0.2, 0.25) is 0 Å². The zero-order valence-corrected chi connectivity index (χ0v) is 12.1. The Hall–Kier alpha value is -2.03. The quantitative estimate of drug-likeness (QED) is 0.504. The van der Waals surface area contributed by atoms with Crippen LogP contribution in [-0.2, 0) is 4.84 Å². The number of rotatable bonds is 5. The van der Waals surface area contributed by atoms with E-state index in [1.54, 1.807) is 0 Å². The molecule has 2 N–H and O–H groups in total. The third-order valence-corrected chi connectivity index (χ3v) is 3.43. The molecular weight excluding hydrogens is 248 g/mol. The number of oxime groups is 1. The van der Waals surface area contributed by atoms with Crippen molar-refractivity contribution in [3.8, 4) is 0 Å². The Kier molecular flexibility index (Phi) is 4.99. The van der Waals surface area contributed by atoms with E-state index in [4.69, 9.17) is 10.6 Å². The lowest BCUT2D eigenvalue weighted by Gasteiger charge is -2.18. The maximum absolute atomic E-state index is 5.94. The lowest BCUT2D eigenvalue weighted by Crippen LogP contribution is -2.18. The van der Waals surface area contributed by atoms with E-state index in [9.17, 15) is 0 Å². The molecule has 0 heterocycles. The summed E-state index contributed by atoms with van der Waals surface area (Å²) >= 11 is 0. The summed E-state index contributed by atoms with van der Waals surface area (Å²) in [6, 6.07) is 9.66. The van der Waals surface area contributed by atoms with Gasteiger partial charge in [-0.15, -0.1) is 0 Å². The highest BCUT2D eigenvalue weighted by molar-refractivity contribution is 5.96.